The van der Waals surface area contributed by atoms with Gasteiger partial charge in [0.1, 0.15) is 17.4 Å². The van der Waals surface area contributed by atoms with Crippen LogP contribution in [0, 0.1) is 5.82 Å². The van der Waals surface area contributed by atoms with Gasteiger partial charge in [-0.25, -0.2) is 4.39 Å². The van der Waals surface area contributed by atoms with Gasteiger partial charge in [-0.05, 0) is 24.3 Å². The lowest BCUT2D eigenvalue weighted by Crippen LogP contribution is -1.97. The van der Waals surface area contributed by atoms with E-state index in [-0.39, 0.29) is 5.82 Å². The van der Waals surface area contributed by atoms with Crippen LogP contribution in [0.4, 0.5) is 4.39 Å². The van der Waals surface area contributed by atoms with Crippen molar-refractivity contribution in [3.63, 3.8) is 0 Å². The first kappa shape index (κ1) is 11.2. The van der Waals surface area contributed by atoms with Crippen LogP contribution in [0.5, 0.6) is 0 Å². The number of ether oxygens (including phenoxy) is 1. The summed E-state index contributed by atoms with van der Waals surface area (Å²) in [5, 5.41) is 13.2. The number of fused-ring (bicyclic) bond motifs is 1. The van der Waals surface area contributed by atoms with Gasteiger partial charge in [-0.1, -0.05) is 11.3 Å². The normalized spacial score (nSPS) is 11.2. The third kappa shape index (κ3) is 1.87. The molecule has 5 nitrogen and oxygen atoms in total. The summed E-state index contributed by atoms with van der Waals surface area (Å²) in [5.74, 6) is 0.388. The van der Waals surface area contributed by atoms with Gasteiger partial charge < -0.3 is 4.74 Å². The molecular formula is C11H9FN4OS. The molecule has 2 heterocycles. The molecule has 0 spiro atoms. The van der Waals surface area contributed by atoms with E-state index in [1.807, 2.05) is 0 Å². The van der Waals surface area contributed by atoms with Crippen LogP contribution in [-0.2, 0) is 11.3 Å². The summed E-state index contributed by atoms with van der Waals surface area (Å²) in [6.45, 7) is 0.355. The molecule has 7 heteroatoms. The van der Waals surface area contributed by atoms with Crippen molar-refractivity contribution in [2.24, 2.45) is 0 Å². The quantitative estimate of drug-likeness (QED) is 0.727. The fourth-order valence-electron chi connectivity index (χ4n) is 1.59. The molecule has 0 fully saturated rings. The lowest BCUT2D eigenvalue weighted by Gasteiger charge is -1.95. The monoisotopic (exact) mass is 264 g/mol. The van der Waals surface area contributed by atoms with E-state index in [2.05, 4.69) is 15.3 Å². The molecule has 1 aromatic carbocycles. The number of rotatable bonds is 3. The minimum absolute atomic E-state index is 0.262. The zero-order chi connectivity index (χ0) is 12.5. The molecule has 0 saturated heterocycles. The lowest BCUT2D eigenvalue weighted by molar-refractivity contribution is 0.176. The van der Waals surface area contributed by atoms with Crippen molar-refractivity contribution >= 4 is 16.3 Å². The van der Waals surface area contributed by atoms with Gasteiger partial charge in [-0.2, -0.15) is 9.61 Å². The van der Waals surface area contributed by atoms with Crippen molar-refractivity contribution in [1.29, 1.82) is 0 Å². The summed E-state index contributed by atoms with van der Waals surface area (Å²) in [4.78, 5) is 0.696. The predicted molar refractivity (Wildman–Crippen MR) is 64.8 cm³/mol. The van der Waals surface area contributed by atoms with E-state index >= 15 is 0 Å². The Kier molecular flexibility index (Phi) is 2.77. The Hall–Kier alpha value is -1.86. The number of hydrogen-bond donors (Lipinski definition) is 0. The number of benzene rings is 1. The summed E-state index contributed by atoms with van der Waals surface area (Å²) in [5.41, 5.74) is 0.857. The highest BCUT2D eigenvalue weighted by Gasteiger charge is 2.12. The van der Waals surface area contributed by atoms with Crippen molar-refractivity contribution in [3.05, 3.63) is 35.9 Å². The van der Waals surface area contributed by atoms with Crippen LogP contribution in [0.1, 0.15) is 5.82 Å². The summed E-state index contributed by atoms with van der Waals surface area (Å²) in [6.07, 6.45) is 0. The molecule has 2 aromatic heterocycles. The second-order valence-electron chi connectivity index (χ2n) is 3.66. The maximum Gasteiger partial charge on any atom is 0.235 e. The fourth-order valence-corrected chi connectivity index (χ4v) is 2.45. The highest BCUT2D eigenvalue weighted by molar-refractivity contribution is 7.19. The average molecular weight is 264 g/mol. The maximum absolute atomic E-state index is 12.9. The largest absolute Gasteiger partial charge is 0.377 e. The highest BCUT2D eigenvalue weighted by atomic mass is 32.1. The van der Waals surface area contributed by atoms with E-state index < -0.39 is 0 Å². The van der Waals surface area contributed by atoms with E-state index in [1.165, 1.54) is 23.5 Å². The van der Waals surface area contributed by atoms with Crippen LogP contribution < -0.4 is 0 Å². The zero-order valence-corrected chi connectivity index (χ0v) is 10.3. The standard InChI is InChI=1S/C11H9FN4OS/c1-17-6-9-13-14-11-16(9)15-10(18-11)7-2-4-8(12)5-3-7/h2-5H,6H2,1H3. The minimum atomic E-state index is -0.262. The van der Waals surface area contributed by atoms with Crippen molar-refractivity contribution in [1.82, 2.24) is 19.8 Å². The molecule has 18 heavy (non-hydrogen) atoms. The first-order valence-electron chi connectivity index (χ1n) is 5.24. The Labute approximate surface area is 106 Å². The molecule has 0 bridgehead atoms. The third-order valence-electron chi connectivity index (χ3n) is 2.42. The van der Waals surface area contributed by atoms with Crippen molar-refractivity contribution in [2.45, 2.75) is 6.61 Å². The molecular weight excluding hydrogens is 255 g/mol. The number of halogens is 1. The van der Waals surface area contributed by atoms with Gasteiger partial charge in [0, 0.05) is 12.7 Å². The van der Waals surface area contributed by atoms with Crippen LogP contribution in [0.3, 0.4) is 0 Å². The lowest BCUT2D eigenvalue weighted by atomic mass is 10.2. The number of aromatic nitrogens is 4. The first-order valence-corrected chi connectivity index (χ1v) is 6.05. The summed E-state index contributed by atoms with van der Waals surface area (Å²) in [6, 6.07) is 6.20. The van der Waals surface area contributed by atoms with Gasteiger partial charge in [-0.3, -0.25) is 0 Å². The average Bonchev–Trinajstić information content (AvgIpc) is 2.93. The second-order valence-corrected chi connectivity index (χ2v) is 4.61. The van der Waals surface area contributed by atoms with Crippen LogP contribution in [0.2, 0.25) is 0 Å². The number of nitrogens with zero attached hydrogens (tertiary/aromatic N) is 4. The van der Waals surface area contributed by atoms with Crippen LogP contribution >= 0.6 is 11.3 Å². The Balaban J connectivity index is 2.05. The number of methoxy groups -OCH3 is 1. The molecule has 0 atom stereocenters. The SMILES string of the molecule is COCc1nnc2sc(-c3ccc(F)cc3)nn12. The molecule has 0 aliphatic heterocycles. The van der Waals surface area contributed by atoms with Crippen LogP contribution in [-0.4, -0.2) is 26.9 Å². The van der Waals surface area contributed by atoms with Gasteiger partial charge in [0.05, 0.1) is 0 Å². The van der Waals surface area contributed by atoms with Crippen LogP contribution in [0.15, 0.2) is 24.3 Å². The highest BCUT2D eigenvalue weighted by Crippen LogP contribution is 2.25. The predicted octanol–water partition coefficient (Wildman–Crippen LogP) is 2.14. The summed E-state index contributed by atoms with van der Waals surface area (Å²) >= 11 is 1.40. The smallest absolute Gasteiger partial charge is 0.235 e. The van der Waals surface area contributed by atoms with Crippen LogP contribution in [0.25, 0.3) is 15.5 Å². The van der Waals surface area contributed by atoms with E-state index in [4.69, 9.17) is 4.74 Å². The van der Waals surface area contributed by atoms with Gasteiger partial charge in [-0.15, -0.1) is 10.2 Å². The van der Waals surface area contributed by atoms with Crippen molar-refractivity contribution in [3.8, 4) is 10.6 Å². The number of hydrogen-bond acceptors (Lipinski definition) is 5. The molecule has 3 rings (SSSR count). The Bertz CT molecular complexity index is 676. The van der Waals surface area contributed by atoms with Gasteiger partial charge in [0.15, 0.2) is 5.82 Å². The zero-order valence-electron chi connectivity index (χ0n) is 9.50. The maximum atomic E-state index is 12.9. The van der Waals surface area contributed by atoms with E-state index in [1.54, 1.807) is 23.8 Å². The molecule has 0 unspecified atom stereocenters. The van der Waals surface area contributed by atoms with Crippen molar-refractivity contribution in [2.75, 3.05) is 7.11 Å². The third-order valence-corrected chi connectivity index (χ3v) is 3.37. The van der Waals surface area contributed by atoms with Gasteiger partial charge in [0.2, 0.25) is 4.96 Å². The second kappa shape index (κ2) is 4.43. The van der Waals surface area contributed by atoms with E-state index in [0.717, 1.165) is 10.6 Å². The molecule has 0 aliphatic rings. The molecule has 0 saturated carbocycles. The molecule has 0 amide bonds. The summed E-state index contributed by atoms with van der Waals surface area (Å²) in [7, 11) is 1.59. The molecule has 0 radical (unpaired) electrons. The van der Waals surface area contributed by atoms with E-state index in [0.29, 0.717) is 17.4 Å². The van der Waals surface area contributed by atoms with Gasteiger partial charge >= 0.3 is 0 Å². The fraction of sp³-hybridized carbons (Fsp3) is 0.182. The van der Waals surface area contributed by atoms with Crippen molar-refractivity contribution < 1.29 is 9.13 Å². The molecule has 92 valence electrons. The molecule has 0 aliphatic carbocycles. The molecule has 0 N–H and O–H groups in total. The summed E-state index contributed by atoms with van der Waals surface area (Å²) < 4.78 is 19.5. The van der Waals surface area contributed by atoms with E-state index in [9.17, 15) is 4.39 Å². The Morgan fingerprint density at radius 1 is 1.28 bits per heavy atom. The topological polar surface area (TPSA) is 52.3 Å². The minimum Gasteiger partial charge on any atom is -0.377 e. The Morgan fingerprint density at radius 2 is 2.06 bits per heavy atom. The van der Waals surface area contributed by atoms with Gasteiger partial charge in [0.25, 0.3) is 0 Å². The molecule has 3 aromatic rings. The Morgan fingerprint density at radius 3 is 2.78 bits per heavy atom. The first-order chi connectivity index (χ1) is 8.78.